The molecule has 0 saturated carbocycles. The van der Waals surface area contributed by atoms with Crippen LogP contribution in [0, 0.1) is 0 Å². The summed E-state index contributed by atoms with van der Waals surface area (Å²) in [4.78, 5) is 3.87. The molecule has 2 aromatic carbocycles. The van der Waals surface area contributed by atoms with Gasteiger partial charge in [0.2, 0.25) is 0 Å². The van der Waals surface area contributed by atoms with E-state index in [1.165, 1.54) is 0 Å². The van der Waals surface area contributed by atoms with E-state index in [2.05, 4.69) is 0 Å². The van der Waals surface area contributed by atoms with E-state index >= 15 is 5.78 Å². The van der Waals surface area contributed by atoms with Crippen LogP contribution in [0.2, 0.25) is 0 Å². The third-order valence-electron chi connectivity index (χ3n) is 3.47. The molecule has 126 valence electrons. The fraction of sp³-hybridized carbons (Fsp3) is 0.333. The summed E-state index contributed by atoms with van der Waals surface area (Å²) in [5.41, 5.74) is 1.48. The molecule has 2 rings (SSSR count). The second-order valence-electron chi connectivity index (χ2n) is 6.16. The summed E-state index contributed by atoms with van der Waals surface area (Å²) in [6, 6.07) is 14.0. The Morgan fingerprint density at radius 1 is 0.696 bits per heavy atom. The van der Waals surface area contributed by atoms with E-state index in [0.29, 0.717) is 13.1 Å². The van der Waals surface area contributed by atoms with Gasteiger partial charge in [-0.15, -0.1) is 0 Å². The molecule has 0 aliphatic carbocycles. The summed E-state index contributed by atoms with van der Waals surface area (Å²) >= 11 is -5.36. The molecule has 0 N–H and O–H groups in total. The normalized spacial score (nSPS) is 12.9. The molecule has 0 bridgehead atoms. The minimum atomic E-state index is -5.36. The van der Waals surface area contributed by atoms with E-state index in [1.807, 2.05) is 62.3 Å². The van der Waals surface area contributed by atoms with E-state index in [-0.39, 0.29) is 7.22 Å². The average Bonchev–Trinajstić information content (AvgIpc) is 2.46. The molecule has 2 aromatic rings. The molecule has 0 saturated heterocycles. The van der Waals surface area contributed by atoms with Crippen LogP contribution in [0.15, 0.2) is 48.5 Å². The molecule has 0 fully saturated rings. The molecule has 23 heavy (non-hydrogen) atoms. The molecule has 0 radical (unpaired) electrons. The average molecular weight is 434 g/mol. The summed E-state index contributed by atoms with van der Waals surface area (Å²) < 4.78 is 31.5. The van der Waals surface area contributed by atoms with Crippen LogP contribution in [0.4, 0.5) is 5.78 Å². The Labute approximate surface area is 143 Å². The summed E-state index contributed by atoms with van der Waals surface area (Å²) in [5.74, 6) is 0. The van der Waals surface area contributed by atoms with E-state index in [0.717, 1.165) is 11.1 Å². The van der Waals surface area contributed by atoms with Gasteiger partial charge in [-0.1, -0.05) is 0 Å². The summed E-state index contributed by atoms with van der Waals surface area (Å²) in [7, 11) is 7.62. The molecule has 0 amide bonds. The number of benzene rings is 2. The number of halogens is 2. The summed E-state index contributed by atoms with van der Waals surface area (Å²) in [6.07, 6.45) is 0. The van der Waals surface area contributed by atoms with E-state index in [4.69, 9.17) is 0 Å². The van der Waals surface area contributed by atoms with Crippen molar-refractivity contribution < 1.29 is 5.78 Å². The molecular formula is C18H24F2N2Te. The fourth-order valence-corrected chi connectivity index (χ4v) is 7.31. The van der Waals surface area contributed by atoms with Gasteiger partial charge in [-0.05, 0) is 0 Å². The molecule has 0 aliphatic heterocycles. The van der Waals surface area contributed by atoms with Crippen LogP contribution in [-0.4, -0.2) is 57.3 Å². The van der Waals surface area contributed by atoms with Gasteiger partial charge < -0.3 is 0 Å². The van der Waals surface area contributed by atoms with Crippen molar-refractivity contribution in [3.63, 3.8) is 0 Å². The standard InChI is InChI=1S/C18H24F2N2Te/c1-21(2)13-15-9-5-7-11-17(15)23(19,20)18-12-8-6-10-16(18)14-22(3)4/h5-12H,13-14H2,1-4H3. The Kier molecular flexibility index (Phi) is 6.16. The van der Waals surface area contributed by atoms with Crippen LogP contribution in [-0.2, 0) is 13.1 Å². The quantitative estimate of drug-likeness (QED) is 0.645. The first-order chi connectivity index (χ1) is 10.8. The van der Waals surface area contributed by atoms with Crippen LogP contribution in [0.3, 0.4) is 0 Å². The second-order valence-corrected chi connectivity index (χ2v) is 11.3. The molecular weight excluding hydrogens is 410 g/mol. The molecule has 0 atom stereocenters. The monoisotopic (exact) mass is 436 g/mol. The van der Waals surface area contributed by atoms with E-state index in [1.54, 1.807) is 24.3 Å². The van der Waals surface area contributed by atoms with Gasteiger partial charge in [0.1, 0.15) is 0 Å². The first-order valence-corrected chi connectivity index (χ1v) is 11.6. The number of hydrogen-bond donors (Lipinski definition) is 0. The van der Waals surface area contributed by atoms with Crippen molar-refractivity contribution >= 4 is 26.5 Å². The van der Waals surface area contributed by atoms with Gasteiger partial charge in [0.25, 0.3) is 0 Å². The van der Waals surface area contributed by atoms with E-state index < -0.39 is 19.3 Å². The van der Waals surface area contributed by atoms with Crippen molar-refractivity contribution in [1.29, 1.82) is 0 Å². The van der Waals surface area contributed by atoms with Gasteiger partial charge in [-0.3, -0.25) is 0 Å². The molecule has 0 aromatic heterocycles. The Morgan fingerprint density at radius 2 is 1.04 bits per heavy atom. The van der Waals surface area contributed by atoms with Crippen molar-refractivity contribution in [2.24, 2.45) is 0 Å². The third-order valence-corrected chi connectivity index (χ3v) is 8.90. The van der Waals surface area contributed by atoms with Gasteiger partial charge >= 0.3 is 143 Å². The zero-order valence-electron chi connectivity index (χ0n) is 14.1. The first kappa shape index (κ1) is 18.3. The Morgan fingerprint density at radius 3 is 1.39 bits per heavy atom. The van der Waals surface area contributed by atoms with Crippen LogP contribution >= 0.6 is 0 Å². The molecule has 0 spiro atoms. The van der Waals surface area contributed by atoms with Gasteiger partial charge in [-0.25, -0.2) is 0 Å². The van der Waals surface area contributed by atoms with Crippen molar-refractivity contribution in [2.75, 3.05) is 28.2 Å². The van der Waals surface area contributed by atoms with Crippen molar-refractivity contribution in [1.82, 2.24) is 9.80 Å². The number of hydrogen-bond acceptors (Lipinski definition) is 2. The summed E-state index contributed by atoms with van der Waals surface area (Å²) in [6.45, 7) is 1.07. The SMILES string of the molecule is CN(C)Cc1ccccc1[Te](F)(F)c1ccccc1CN(C)C. The Bertz CT molecular complexity index is 601. The van der Waals surface area contributed by atoms with Gasteiger partial charge in [0.05, 0.1) is 0 Å². The zero-order valence-corrected chi connectivity index (χ0v) is 16.4. The molecule has 0 unspecified atom stereocenters. The maximum absolute atomic E-state index is 15.5. The topological polar surface area (TPSA) is 6.48 Å². The van der Waals surface area contributed by atoms with Crippen LogP contribution < -0.4 is 7.22 Å². The van der Waals surface area contributed by atoms with Crippen LogP contribution in [0.25, 0.3) is 0 Å². The minimum absolute atomic E-state index is 0.273. The summed E-state index contributed by atoms with van der Waals surface area (Å²) in [5, 5.41) is 0. The Balaban J connectivity index is 2.51. The fourth-order valence-electron chi connectivity index (χ4n) is 2.57. The van der Waals surface area contributed by atoms with Crippen molar-refractivity contribution in [3.8, 4) is 0 Å². The molecule has 2 nitrogen and oxygen atoms in total. The molecule has 5 heteroatoms. The third kappa shape index (κ3) is 4.51. The predicted molar refractivity (Wildman–Crippen MR) is 94.9 cm³/mol. The number of nitrogens with zero attached hydrogens (tertiary/aromatic N) is 2. The zero-order chi connectivity index (χ0) is 17.0. The first-order valence-electron chi connectivity index (χ1n) is 7.50. The van der Waals surface area contributed by atoms with Crippen molar-refractivity contribution in [3.05, 3.63) is 59.7 Å². The Hall–Kier alpha value is -0.990. The van der Waals surface area contributed by atoms with Gasteiger partial charge in [0, 0.05) is 0 Å². The van der Waals surface area contributed by atoms with E-state index in [9.17, 15) is 0 Å². The number of rotatable bonds is 6. The molecule has 0 heterocycles. The predicted octanol–water partition coefficient (Wildman–Crippen LogP) is 2.31. The van der Waals surface area contributed by atoms with Crippen LogP contribution in [0.5, 0.6) is 0 Å². The molecule has 0 aliphatic rings. The van der Waals surface area contributed by atoms with Crippen LogP contribution in [0.1, 0.15) is 11.1 Å². The van der Waals surface area contributed by atoms with Gasteiger partial charge in [-0.2, -0.15) is 0 Å². The second kappa shape index (κ2) is 7.72. The van der Waals surface area contributed by atoms with Gasteiger partial charge in [0.15, 0.2) is 0 Å². The van der Waals surface area contributed by atoms with Crippen molar-refractivity contribution in [2.45, 2.75) is 13.1 Å². The maximum atomic E-state index is 15.5.